The van der Waals surface area contributed by atoms with Crippen LogP contribution < -0.4 is 9.47 Å². The number of hydrogen-bond acceptors (Lipinski definition) is 4. The topological polar surface area (TPSA) is 44.8 Å². The van der Waals surface area contributed by atoms with Crippen LogP contribution in [0.4, 0.5) is 0 Å². The molecule has 3 aromatic carbocycles. The lowest BCUT2D eigenvalue weighted by Gasteiger charge is -2.14. The molecule has 0 spiro atoms. The number of benzene rings is 3. The van der Waals surface area contributed by atoms with E-state index >= 15 is 0 Å². The molecule has 0 aromatic heterocycles. The van der Waals surface area contributed by atoms with E-state index in [1.54, 1.807) is 6.07 Å². The summed E-state index contributed by atoms with van der Waals surface area (Å²) in [6.45, 7) is 0.528. The molecule has 0 aliphatic carbocycles. The summed E-state index contributed by atoms with van der Waals surface area (Å²) < 4.78 is 16.5. The Morgan fingerprint density at radius 2 is 1.48 bits per heavy atom. The molecule has 0 aliphatic rings. The minimum absolute atomic E-state index is 0.186. The quantitative estimate of drug-likeness (QED) is 0.521. The second kappa shape index (κ2) is 9.10. The Labute approximate surface area is 163 Å². The van der Waals surface area contributed by atoms with Gasteiger partial charge in [0.05, 0.1) is 17.7 Å². The summed E-state index contributed by atoms with van der Waals surface area (Å²) >= 11 is 6.33. The molecule has 27 heavy (non-hydrogen) atoms. The van der Waals surface area contributed by atoms with Crippen molar-refractivity contribution in [1.82, 2.24) is 0 Å². The molecule has 3 aromatic rings. The average Bonchev–Trinajstić information content (AvgIpc) is 2.72. The molecule has 0 heterocycles. The summed E-state index contributed by atoms with van der Waals surface area (Å²) in [5.74, 6) is 0.293. The molecule has 0 unspecified atom stereocenters. The van der Waals surface area contributed by atoms with Gasteiger partial charge in [0.15, 0.2) is 11.5 Å². The van der Waals surface area contributed by atoms with Gasteiger partial charge in [-0.2, -0.15) is 0 Å². The Morgan fingerprint density at radius 1 is 0.889 bits per heavy atom. The average molecular weight is 383 g/mol. The van der Waals surface area contributed by atoms with E-state index < -0.39 is 5.97 Å². The van der Waals surface area contributed by atoms with Crippen LogP contribution in [0.1, 0.15) is 21.5 Å². The summed E-state index contributed by atoms with van der Waals surface area (Å²) in [7, 11) is 1.50. The van der Waals surface area contributed by atoms with E-state index in [0.29, 0.717) is 23.7 Å². The molecule has 0 N–H and O–H groups in total. The van der Waals surface area contributed by atoms with E-state index in [9.17, 15) is 4.79 Å². The van der Waals surface area contributed by atoms with Crippen molar-refractivity contribution in [2.45, 2.75) is 13.2 Å². The summed E-state index contributed by atoms with van der Waals surface area (Å²) in [6.07, 6.45) is 0. The smallest absolute Gasteiger partial charge is 0.338 e. The molecule has 3 rings (SSSR count). The minimum Gasteiger partial charge on any atom is -0.493 e. The number of carbonyl (C=O) groups is 1. The number of carbonyl (C=O) groups excluding carboxylic acids is 1. The number of hydrogen-bond donors (Lipinski definition) is 0. The largest absolute Gasteiger partial charge is 0.493 e. The zero-order valence-electron chi connectivity index (χ0n) is 14.9. The SMILES string of the molecule is COc1cc(C(=O)OCc2ccccc2)cc(Cl)c1OCc1ccccc1. The van der Waals surface area contributed by atoms with E-state index in [4.69, 9.17) is 25.8 Å². The maximum Gasteiger partial charge on any atom is 0.338 e. The Balaban J connectivity index is 1.71. The van der Waals surface area contributed by atoms with Crippen molar-refractivity contribution in [3.05, 3.63) is 94.5 Å². The van der Waals surface area contributed by atoms with Crippen LogP contribution in [0.15, 0.2) is 72.8 Å². The van der Waals surface area contributed by atoms with Gasteiger partial charge in [0, 0.05) is 0 Å². The number of esters is 1. The van der Waals surface area contributed by atoms with Gasteiger partial charge in [-0.25, -0.2) is 4.79 Å². The van der Waals surface area contributed by atoms with Crippen LogP contribution in [0, 0.1) is 0 Å². The van der Waals surface area contributed by atoms with Gasteiger partial charge in [0.2, 0.25) is 0 Å². The molecule has 0 saturated heterocycles. The fourth-order valence-electron chi connectivity index (χ4n) is 2.51. The van der Waals surface area contributed by atoms with Gasteiger partial charge in [0.25, 0.3) is 0 Å². The normalized spacial score (nSPS) is 10.3. The Kier molecular flexibility index (Phi) is 6.34. The van der Waals surface area contributed by atoms with Crippen molar-refractivity contribution >= 4 is 17.6 Å². The van der Waals surface area contributed by atoms with E-state index in [0.717, 1.165) is 11.1 Å². The third-order valence-electron chi connectivity index (χ3n) is 3.90. The van der Waals surface area contributed by atoms with E-state index in [1.165, 1.54) is 13.2 Å². The van der Waals surface area contributed by atoms with Crippen LogP contribution in [0.3, 0.4) is 0 Å². The molecule has 0 radical (unpaired) electrons. The highest BCUT2D eigenvalue weighted by Gasteiger charge is 2.17. The summed E-state index contributed by atoms with van der Waals surface area (Å²) in [4.78, 5) is 12.4. The van der Waals surface area contributed by atoms with Crippen molar-refractivity contribution in [3.8, 4) is 11.5 Å². The first-order valence-electron chi connectivity index (χ1n) is 8.42. The van der Waals surface area contributed by atoms with Crippen LogP contribution in [-0.2, 0) is 18.0 Å². The van der Waals surface area contributed by atoms with Gasteiger partial charge in [-0.1, -0.05) is 72.3 Å². The molecular weight excluding hydrogens is 364 g/mol. The molecule has 0 atom stereocenters. The summed E-state index contributed by atoms with van der Waals surface area (Å²) in [5, 5.41) is 0.289. The third kappa shape index (κ3) is 5.02. The second-order valence-corrected chi connectivity index (χ2v) is 6.23. The van der Waals surface area contributed by atoms with Gasteiger partial charge in [-0.3, -0.25) is 0 Å². The van der Waals surface area contributed by atoms with E-state index in [2.05, 4.69) is 0 Å². The lowest BCUT2D eigenvalue weighted by atomic mass is 10.2. The fraction of sp³-hybridized carbons (Fsp3) is 0.136. The number of ether oxygens (including phenoxy) is 3. The lowest BCUT2D eigenvalue weighted by molar-refractivity contribution is 0.0472. The molecule has 4 nitrogen and oxygen atoms in total. The van der Waals surface area contributed by atoms with Gasteiger partial charge < -0.3 is 14.2 Å². The predicted octanol–water partition coefficient (Wildman–Crippen LogP) is 5.28. The lowest BCUT2D eigenvalue weighted by Crippen LogP contribution is -2.07. The maximum atomic E-state index is 12.4. The first-order valence-corrected chi connectivity index (χ1v) is 8.80. The van der Waals surface area contributed by atoms with E-state index in [1.807, 2.05) is 60.7 Å². The highest BCUT2D eigenvalue weighted by molar-refractivity contribution is 6.32. The maximum absolute atomic E-state index is 12.4. The van der Waals surface area contributed by atoms with Crippen molar-refractivity contribution in [2.75, 3.05) is 7.11 Å². The predicted molar refractivity (Wildman–Crippen MR) is 104 cm³/mol. The standard InChI is InChI=1S/C22H19ClO4/c1-25-20-13-18(22(24)27-15-17-10-6-3-7-11-17)12-19(23)21(20)26-14-16-8-4-2-5-9-16/h2-13H,14-15H2,1H3. The highest BCUT2D eigenvalue weighted by Crippen LogP contribution is 2.37. The first kappa shape index (κ1) is 18.8. The molecule has 0 fully saturated rings. The first-order chi connectivity index (χ1) is 13.2. The molecule has 138 valence electrons. The van der Waals surface area contributed by atoms with Gasteiger partial charge in [-0.05, 0) is 23.3 Å². The molecule has 0 amide bonds. The summed E-state index contributed by atoms with van der Waals surface area (Å²) in [6, 6.07) is 22.3. The molecule has 0 aliphatic heterocycles. The fourth-order valence-corrected chi connectivity index (χ4v) is 2.78. The number of halogens is 1. The van der Waals surface area contributed by atoms with Crippen LogP contribution in [-0.4, -0.2) is 13.1 Å². The minimum atomic E-state index is -0.478. The highest BCUT2D eigenvalue weighted by atomic mass is 35.5. The van der Waals surface area contributed by atoms with Gasteiger partial charge >= 0.3 is 5.97 Å². The van der Waals surface area contributed by atoms with Crippen LogP contribution >= 0.6 is 11.6 Å². The zero-order chi connectivity index (χ0) is 19.1. The second-order valence-electron chi connectivity index (χ2n) is 5.83. The Hall–Kier alpha value is -2.98. The van der Waals surface area contributed by atoms with Crippen LogP contribution in [0.25, 0.3) is 0 Å². The van der Waals surface area contributed by atoms with Crippen molar-refractivity contribution in [2.24, 2.45) is 0 Å². The zero-order valence-corrected chi connectivity index (χ0v) is 15.6. The molecule has 0 saturated carbocycles. The van der Waals surface area contributed by atoms with Crippen LogP contribution in [0.2, 0.25) is 5.02 Å². The van der Waals surface area contributed by atoms with Gasteiger partial charge in [-0.15, -0.1) is 0 Å². The number of rotatable bonds is 7. The van der Waals surface area contributed by atoms with Crippen molar-refractivity contribution in [3.63, 3.8) is 0 Å². The molecular formula is C22H19ClO4. The van der Waals surface area contributed by atoms with Crippen LogP contribution in [0.5, 0.6) is 11.5 Å². The Bertz CT molecular complexity index is 895. The van der Waals surface area contributed by atoms with Gasteiger partial charge in [0.1, 0.15) is 13.2 Å². The third-order valence-corrected chi connectivity index (χ3v) is 4.18. The van der Waals surface area contributed by atoms with E-state index in [-0.39, 0.29) is 11.6 Å². The van der Waals surface area contributed by atoms with Crippen molar-refractivity contribution in [1.29, 1.82) is 0 Å². The monoisotopic (exact) mass is 382 g/mol. The van der Waals surface area contributed by atoms with Crippen molar-refractivity contribution < 1.29 is 19.0 Å². The Morgan fingerprint density at radius 3 is 2.07 bits per heavy atom. The number of methoxy groups -OCH3 is 1. The molecule has 0 bridgehead atoms. The summed E-state index contributed by atoms with van der Waals surface area (Å²) in [5.41, 5.74) is 2.22. The molecule has 5 heteroatoms.